The molecule has 1 aliphatic heterocycles. The van der Waals surface area contributed by atoms with Gasteiger partial charge in [-0.3, -0.25) is 0 Å². The monoisotopic (exact) mass is 442 g/mol. The Morgan fingerprint density at radius 1 is 0.821 bits per heavy atom. The number of benzene rings is 2. The van der Waals surface area contributed by atoms with Gasteiger partial charge >= 0.3 is 0 Å². The van der Waals surface area contributed by atoms with Gasteiger partial charge in [-0.15, -0.1) is 0 Å². The van der Waals surface area contributed by atoms with Crippen molar-refractivity contribution in [3.05, 3.63) is 47.5 Å². The van der Waals surface area contributed by atoms with Gasteiger partial charge in [0.05, 0.1) is 4.90 Å². The molecule has 1 saturated heterocycles. The molecule has 0 amide bonds. The topological polar surface area (TPSA) is 114 Å². The molecule has 0 atom stereocenters. The number of hydrogen-bond acceptors (Lipinski definition) is 7. The summed E-state index contributed by atoms with van der Waals surface area (Å²) in [7, 11) is -7.59. The molecule has 1 fully saturated rings. The Morgan fingerprint density at radius 2 is 1.43 bits per heavy atom. The second-order valence-corrected chi connectivity index (χ2v) is 10.4. The average molecular weight is 443 g/mol. The van der Waals surface area contributed by atoms with E-state index in [9.17, 15) is 16.8 Å². The van der Waals surface area contributed by atoms with Gasteiger partial charge in [0.2, 0.25) is 20.0 Å². The quantitative estimate of drug-likeness (QED) is 0.602. The molecule has 28 heavy (non-hydrogen) atoms. The van der Waals surface area contributed by atoms with Crippen LogP contribution < -0.4 is 0 Å². The highest BCUT2D eigenvalue weighted by Gasteiger charge is 2.35. The molecule has 12 heteroatoms. The summed E-state index contributed by atoms with van der Waals surface area (Å²) < 4.78 is 58.6. The van der Waals surface area contributed by atoms with Crippen LogP contribution in [0.2, 0.25) is 5.02 Å². The maximum absolute atomic E-state index is 13.0. The van der Waals surface area contributed by atoms with Gasteiger partial charge in [0.1, 0.15) is 10.4 Å². The van der Waals surface area contributed by atoms with E-state index in [1.54, 1.807) is 12.1 Å². The predicted molar refractivity (Wildman–Crippen MR) is 101 cm³/mol. The lowest BCUT2D eigenvalue weighted by atomic mass is 10.3. The molecule has 0 aliphatic carbocycles. The molecule has 3 aromatic rings. The van der Waals surface area contributed by atoms with Crippen molar-refractivity contribution in [1.82, 2.24) is 18.9 Å². The summed E-state index contributed by atoms with van der Waals surface area (Å²) in [5.41, 5.74) is 0.490. The van der Waals surface area contributed by atoms with Crippen molar-refractivity contribution in [2.45, 2.75) is 9.79 Å². The van der Waals surface area contributed by atoms with E-state index in [0.717, 1.165) is 0 Å². The van der Waals surface area contributed by atoms with Crippen LogP contribution >= 0.6 is 11.6 Å². The Kier molecular flexibility index (Phi) is 4.88. The number of aromatic nitrogens is 2. The van der Waals surface area contributed by atoms with Crippen molar-refractivity contribution in [3.63, 3.8) is 0 Å². The van der Waals surface area contributed by atoms with E-state index >= 15 is 0 Å². The van der Waals surface area contributed by atoms with Gasteiger partial charge < -0.3 is 0 Å². The van der Waals surface area contributed by atoms with Crippen LogP contribution in [-0.2, 0) is 20.0 Å². The summed E-state index contributed by atoms with van der Waals surface area (Å²) in [5, 5.41) is 7.76. The third-order valence-electron chi connectivity index (χ3n) is 4.52. The molecular weight excluding hydrogens is 428 g/mol. The molecule has 0 bridgehead atoms. The summed E-state index contributed by atoms with van der Waals surface area (Å²) in [4.78, 5) is 0.104. The van der Waals surface area contributed by atoms with Crippen LogP contribution in [-0.4, -0.2) is 61.9 Å². The Morgan fingerprint density at radius 3 is 2.07 bits per heavy atom. The van der Waals surface area contributed by atoms with Crippen LogP contribution in [0.25, 0.3) is 11.0 Å². The first-order valence-corrected chi connectivity index (χ1v) is 11.5. The number of hydrogen-bond donors (Lipinski definition) is 0. The Bertz CT molecular complexity index is 1220. The highest BCUT2D eigenvalue weighted by Crippen LogP contribution is 2.26. The van der Waals surface area contributed by atoms with Crippen LogP contribution in [0.3, 0.4) is 0 Å². The highest BCUT2D eigenvalue weighted by atomic mass is 35.5. The van der Waals surface area contributed by atoms with Gasteiger partial charge in [0.25, 0.3) is 0 Å². The zero-order valence-electron chi connectivity index (χ0n) is 14.4. The summed E-state index contributed by atoms with van der Waals surface area (Å²) >= 11 is 5.81. The van der Waals surface area contributed by atoms with E-state index in [0.29, 0.717) is 10.5 Å². The lowest BCUT2D eigenvalue weighted by Gasteiger charge is -2.33. The smallest absolute Gasteiger partial charge is 0.243 e. The number of nitrogens with zero attached hydrogens (tertiary/aromatic N) is 4. The molecule has 148 valence electrons. The van der Waals surface area contributed by atoms with Gasteiger partial charge in [-0.2, -0.15) is 8.61 Å². The summed E-state index contributed by atoms with van der Waals surface area (Å²) in [6.45, 7) is 0.127. The van der Waals surface area contributed by atoms with Gasteiger partial charge in [0, 0.05) is 31.2 Å². The molecule has 2 aromatic carbocycles. The van der Waals surface area contributed by atoms with Gasteiger partial charge in [0.15, 0.2) is 5.52 Å². The Balaban J connectivity index is 1.55. The zero-order chi connectivity index (χ0) is 19.9. The molecule has 0 radical (unpaired) electrons. The van der Waals surface area contributed by atoms with E-state index in [1.165, 1.54) is 38.9 Å². The lowest BCUT2D eigenvalue weighted by molar-refractivity contribution is 0.273. The fourth-order valence-electron chi connectivity index (χ4n) is 3.03. The van der Waals surface area contributed by atoms with Crippen molar-refractivity contribution in [3.8, 4) is 0 Å². The third kappa shape index (κ3) is 3.29. The first-order chi connectivity index (χ1) is 13.3. The van der Waals surface area contributed by atoms with Gasteiger partial charge in [-0.25, -0.2) is 21.5 Å². The van der Waals surface area contributed by atoms with Crippen molar-refractivity contribution in [2.75, 3.05) is 26.2 Å². The van der Waals surface area contributed by atoms with E-state index < -0.39 is 20.0 Å². The average Bonchev–Trinajstić information content (AvgIpc) is 3.17. The summed E-state index contributed by atoms with van der Waals surface area (Å²) in [6, 6.07) is 10.4. The molecule has 0 N–H and O–H groups in total. The molecule has 0 saturated carbocycles. The number of piperazine rings is 1. The highest BCUT2D eigenvalue weighted by molar-refractivity contribution is 7.89. The predicted octanol–water partition coefficient (Wildman–Crippen LogP) is 1.57. The number of fused-ring (bicyclic) bond motifs is 1. The van der Waals surface area contributed by atoms with Crippen LogP contribution in [0.4, 0.5) is 0 Å². The largest absolute Gasteiger partial charge is 0.245 e. The second kappa shape index (κ2) is 7.08. The Labute approximate surface area is 166 Å². The fraction of sp³-hybridized carbons (Fsp3) is 0.250. The van der Waals surface area contributed by atoms with Crippen LogP contribution in [0.5, 0.6) is 0 Å². The molecule has 4 rings (SSSR count). The third-order valence-corrected chi connectivity index (χ3v) is 8.61. The van der Waals surface area contributed by atoms with E-state index in [-0.39, 0.29) is 41.5 Å². The number of sulfonamides is 2. The summed E-state index contributed by atoms with van der Waals surface area (Å²) in [5.74, 6) is 0. The molecule has 1 aliphatic rings. The van der Waals surface area contributed by atoms with Crippen molar-refractivity contribution >= 4 is 42.7 Å². The van der Waals surface area contributed by atoms with Crippen molar-refractivity contribution < 1.29 is 21.5 Å². The van der Waals surface area contributed by atoms with Gasteiger partial charge in [-0.1, -0.05) is 17.7 Å². The molecular formula is C16H15ClN4O5S2. The maximum atomic E-state index is 13.0. The first-order valence-electron chi connectivity index (χ1n) is 8.27. The summed E-state index contributed by atoms with van der Waals surface area (Å²) in [6.07, 6.45) is 0. The lowest BCUT2D eigenvalue weighted by Crippen LogP contribution is -2.50. The van der Waals surface area contributed by atoms with Crippen molar-refractivity contribution in [1.29, 1.82) is 0 Å². The van der Waals surface area contributed by atoms with Crippen LogP contribution in [0.15, 0.2) is 56.9 Å². The normalized spacial score (nSPS) is 17.2. The fourth-order valence-corrected chi connectivity index (χ4v) is 6.14. The second-order valence-electron chi connectivity index (χ2n) is 6.15. The maximum Gasteiger partial charge on any atom is 0.245 e. The molecule has 0 unspecified atom stereocenters. The molecule has 0 spiro atoms. The van der Waals surface area contributed by atoms with E-state index in [2.05, 4.69) is 14.9 Å². The van der Waals surface area contributed by atoms with Gasteiger partial charge in [-0.05, 0) is 46.7 Å². The van der Waals surface area contributed by atoms with E-state index in [4.69, 9.17) is 11.6 Å². The van der Waals surface area contributed by atoms with E-state index in [1.807, 2.05) is 0 Å². The number of halogens is 1. The Hall–Kier alpha value is -2.05. The minimum absolute atomic E-state index is 0.0136. The SMILES string of the molecule is O=S(=O)(c1ccc(Cl)cc1)N1CCN(S(=O)(=O)c2cccc3nonc23)CC1. The number of rotatable bonds is 4. The zero-order valence-corrected chi connectivity index (χ0v) is 16.8. The molecule has 2 heterocycles. The minimum atomic E-state index is -3.87. The first kappa shape index (κ1) is 19.3. The van der Waals surface area contributed by atoms with Crippen LogP contribution in [0, 0.1) is 0 Å². The minimum Gasteiger partial charge on any atom is -0.243 e. The van der Waals surface area contributed by atoms with Crippen LogP contribution in [0.1, 0.15) is 0 Å². The molecule has 9 nitrogen and oxygen atoms in total. The molecule has 1 aromatic heterocycles. The van der Waals surface area contributed by atoms with Crippen molar-refractivity contribution in [2.24, 2.45) is 0 Å². The standard InChI is InChI=1S/C16H15ClN4O5S2/c17-12-4-6-13(7-5-12)27(22,23)20-8-10-21(11-9-20)28(24,25)15-3-1-2-14-16(15)19-26-18-14/h1-7H,8-11H2.